The predicted octanol–water partition coefficient (Wildman–Crippen LogP) is 2.74. The number of carbonyl (C=O) groups excluding carboxylic acids is 1. The summed E-state index contributed by atoms with van der Waals surface area (Å²) in [7, 11) is 1.64. The number of methoxy groups -OCH3 is 1. The van der Waals surface area contributed by atoms with Crippen molar-refractivity contribution in [3.05, 3.63) is 29.8 Å². The summed E-state index contributed by atoms with van der Waals surface area (Å²) in [6.45, 7) is 8.54. The molecule has 0 heterocycles. The molecule has 1 aromatic carbocycles. The van der Waals surface area contributed by atoms with Crippen LogP contribution >= 0.6 is 0 Å². The molecule has 5 nitrogen and oxygen atoms in total. The average molecular weight is 348 g/mol. The number of rotatable bonds is 9. The lowest BCUT2D eigenvalue weighted by atomic mass is 9.95. The van der Waals surface area contributed by atoms with Crippen LogP contribution in [0.5, 0.6) is 5.75 Å². The number of ether oxygens (including phenoxy) is 1. The lowest BCUT2D eigenvalue weighted by molar-refractivity contribution is -0.125. The highest BCUT2D eigenvalue weighted by Crippen LogP contribution is 2.32. The first-order valence-electron chi connectivity index (χ1n) is 9.09. The monoisotopic (exact) mass is 348 g/mol. The molecule has 2 rings (SSSR count). The average Bonchev–Trinajstić information content (AvgIpc) is 3.42. The summed E-state index contributed by atoms with van der Waals surface area (Å²) in [4.78, 5) is 14.8. The van der Waals surface area contributed by atoms with Crippen LogP contribution < -0.4 is 10.1 Å². The van der Waals surface area contributed by atoms with Gasteiger partial charge >= 0.3 is 0 Å². The Hall–Kier alpha value is -1.59. The van der Waals surface area contributed by atoms with E-state index >= 15 is 0 Å². The molecule has 5 heteroatoms. The van der Waals surface area contributed by atoms with Crippen LogP contribution in [0.1, 0.15) is 52.1 Å². The summed E-state index contributed by atoms with van der Waals surface area (Å²) < 4.78 is 5.21. The fourth-order valence-electron chi connectivity index (χ4n) is 3.13. The molecule has 0 aliphatic heterocycles. The Kier molecular flexibility index (Phi) is 6.47. The molecule has 1 atom stereocenters. The van der Waals surface area contributed by atoms with Gasteiger partial charge in [-0.05, 0) is 50.3 Å². The van der Waals surface area contributed by atoms with E-state index in [0.717, 1.165) is 24.2 Å². The van der Waals surface area contributed by atoms with Crippen molar-refractivity contribution in [1.29, 1.82) is 0 Å². The molecular formula is C20H32N2O3. The number of aliphatic hydroxyl groups excluding tert-OH is 1. The maximum absolute atomic E-state index is 12.7. The van der Waals surface area contributed by atoms with Gasteiger partial charge in [-0.15, -0.1) is 0 Å². The van der Waals surface area contributed by atoms with Gasteiger partial charge in [0.2, 0.25) is 5.91 Å². The highest BCUT2D eigenvalue weighted by Gasteiger charge is 2.39. The van der Waals surface area contributed by atoms with Crippen molar-refractivity contribution in [1.82, 2.24) is 10.2 Å². The number of hydrogen-bond acceptors (Lipinski definition) is 4. The van der Waals surface area contributed by atoms with E-state index in [2.05, 4.69) is 24.1 Å². The second kappa shape index (κ2) is 8.19. The maximum atomic E-state index is 12.7. The van der Waals surface area contributed by atoms with Crippen molar-refractivity contribution in [3.8, 4) is 5.75 Å². The predicted molar refractivity (Wildman–Crippen MR) is 99.6 cm³/mol. The van der Waals surface area contributed by atoms with Gasteiger partial charge in [0.15, 0.2) is 0 Å². The topological polar surface area (TPSA) is 61.8 Å². The fraction of sp³-hybridized carbons (Fsp3) is 0.650. The van der Waals surface area contributed by atoms with Crippen LogP contribution in [0.2, 0.25) is 0 Å². The van der Waals surface area contributed by atoms with Crippen LogP contribution in [0.4, 0.5) is 0 Å². The van der Waals surface area contributed by atoms with E-state index in [-0.39, 0.29) is 30.0 Å². The largest absolute Gasteiger partial charge is 0.497 e. The number of hydrogen-bond donors (Lipinski definition) is 2. The molecule has 0 spiro atoms. The van der Waals surface area contributed by atoms with Gasteiger partial charge in [0.1, 0.15) is 5.75 Å². The van der Waals surface area contributed by atoms with E-state index < -0.39 is 0 Å². The Morgan fingerprint density at radius 3 is 2.36 bits per heavy atom. The van der Waals surface area contributed by atoms with Gasteiger partial charge in [0.05, 0.1) is 26.3 Å². The van der Waals surface area contributed by atoms with Crippen LogP contribution in [-0.4, -0.2) is 47.8 Å². The molecule has 1 saturated carbocycles. The zero-order valence-electron chi connectivity index (χ0n) is 16.1. The van der Waals surface area contributed by atoms with Crippen molar-refractivity contribution in [2.24, 2.45) is 5.92 Å². The summed E-state index contributed by atoms with van der Waals surface area (Å²) in [6.07, 6.45) is 2.20. The van der Waals surface area contributed by atoms with Gasteiger partial charge in [0, 0.05) is 11.6 Å². The molecule has 2 N–H and O–H groups in total. The first kappa shape index (κ1) is 19.7. The zero-order chi connectivity index (χ0) is 18.6. The molecule has 0 bridgehead atoms. The number of aliphatic hydroxyl groups is 1. The van der Waals surface area contributed by atoms with Gasteiger partial charge in [-0.25, -0.2) is 0 Å². The lowest BCUT2D eigenvalue weighted by Gasteiger charge is -2.37. The molecule has 1 amide bonds. The highest BCUT2D eigenvalue weighted by atomic mass is 16.5. The quantitative estimate of drug-likeness (QED) is 0.720. The van der Waals surface area contributed by atoms with Crippen molar-refractivity contribution >= 4 is 5.91 Å². The number of nitrogens with one attached hydrogen (secondary N) is 1. The molecule has 0 unspecified atom stereocenters. The second-order valence-electron chi connectivity index (χ2n) is 7.89. The molecule has 1 fully saturated rings. The minimum Gasteiger partial charge on any atom is -0.497 e. The first-order valence-corrected chi connectivity index (χ1v) is 9.09. The lowest BCUT2D eigenvalue weighted by Crippen LogP contribution is -2.52. The van der Waals surface area contributed by atoms with Crippen molar-refractivity contribution in [3.63, 3.8) is 0 Å². The molecule has 0 saturated heterocycles. The molecule has 1 aliphatic carbocycles. The Labute approximate surface area is 151 Å². The number of nitrogens with zero attached hydrogens (tertiary/aromatic N) is 1. The normalized spacial score (nSPS) is 16.2. The summed E-state index contributed by atoms with van der Waals surface area (Å²) in [5.41, 5.74) is 0.690. The van der Waals surface area contributed by atoms with E-state index in [1.54, 1.807) is 7.11 Å². The van der Waals surface area contributed by atoms with Crippen LogP contribution in [0.3, 0.4) is 0 Å². The van der Waals surface area contributed by atoms with Gasteiger partial charge in [-0.2, -0.15) is 0 Å². The van der Waals surface area contributed by atoms with Crippen LogP contribution in [0.15, 0.2) is 24.3 Å². The fourth-order valence-corrected chi connectivity index (χ4v) is 3.13. The Morgan fingerprint density at radius 2 is 1.92 bits per heavy atom. The van der Waals surface area contributed by atoms with Crippen LogP contribution in [0.25, 0.3) is 0 Å². The minimum atomic E-state index is -0.383. The second-order valence-corrected chi connectivity index (χ2v) is 7.89. The maximum Gasteiger partial charge on any atom is 0.234 e. The van der Waals surface area contributed by atoms with E-state index in [4.69, 9.17) is 4.74 Å². The third kappa shape index (κ3) is 5.19. The SMILES string of the molecule is COc1ccc([C@H](NC(=O)CN(C2CC2)C(C)(C)CO)C(C)C)cc1. The van der Waals surface area contributed by atoms with Gasteiger partial charge in [-0.1, -0.05) is 26.0 Å². The molecular weight excluding hydrogens is 316 g/mol. The molecule has 0 aromatic heterocycles. The number of amides is 1. The van der Waals surface area contributed by atoms with Crippen molar-refractivity contribution in [2.75, 3.05) is 20.3 Å². The molecule has 0 radical (unpaired) electrons. The molecule has 1 aromatic rings. The summed E-state index contributed by atoms with van der Waals surface area (Å²) in [5, 5.41) is 12.8. The van der Waals surface area contributed by atoms with E-state index in [0.29, 0.717) is 12.6 Å². The number of benzene rings is 1. The van der Waals surface area contributed by atoms with Gasteiger partial charge < -0.3 is 15.2 Å². The van der Waals surface area contributed by atoms with E-state index in [1.165, 1.54) is 0 Å². The Balaban J connectivity index is 2.06. The first-order chi connectivity index (χ1) is 11.8. The van der Waals surface area contributed by atoms with E-state index in [1.807, 2.05) is 38.1 Å². The summed E-state index contributed by atoms with van der Waals surface area (Å²) >= 11 is 0. The molecule has 140 valence electrons. The Bertz CT molecular complexity index is 565. The molecule has 25 heavy (non-hydrogen) atoms. The van der Waals surface area contributed by atoms with Crippen molar-refractivity contribution in [2.45, 2.75) is 58.2 Å². The molecule has 1 aliphatic rings. The standard InChI is InChI=1S/C20H32N2O3/c1-14(2)19(15-6-10-17(25-5)11-7-15)21-18(24)12-22(16-8-9-16)20(3,4)13-23/h6-7,10-11,14,16,19,23H,8-9,12-13H2,1-5H3,(H,21,24)/t19-/m1/s1. The highest BCUT2D eigenvalue weighted by molar-refractivity contribution is 5.78. The van der Waals surface area contributed by atoms with Gasteiger partial charge in [-0.3, -0.25) is 9.69 Å². The van der Waals surface area contributed by atoms with Crippen LogP contribution in [0, 0.1) is 5.92 Å². The minimum absolute atomic E-state index is 0.00273. The summed E-state index contributed by atoms with van der Waals surface area (Å²) in [6, 6.07) is 8.20. The third-order valence-electron chi connectivity index (χ3n) is 4.92. The van der Waals surface area contributed by atoms with E-state index in [9.17, 15) is 9.90 Å². The zero-order valence-corrected chi connectivity index (χ0v) is 16.1. The smallest absolute Gasteiger partial charge is 0.234 e. The summed E-state index contributed by atoms with van der Waals surface area (Å²) in [5.74, 6) is 1.09. The van der Waals surface area contributed by atoms with Crippen LogP contribution in [-0.2, 0) is 4.79 Å². The Morgan fingerprint density at radius 1 is 1.32 bits per heavy atom. The third-order valence-corrected chi connectivity index (χ3v) is 4.92. The number of carbonyl (C=O) groups is 1. The van der Waals surface area contributed by atoms with Gasteiger partial charge in [0.25, 0.3) is 0 Å². The van der Waals surface area contributed by atoms with Crippen molar-refractivity contribution < 1.29 is 14.6 Å².